The minimum atomic E-state index is 0.570. The number of rotatable bonds is 5. The molecule has 5 nitrogen and oxygen atoms in total. The van der Waals surface area contributed by atoms with Crippen molar-refractivity contribution >= 4 is 23.0 Å². The predicted molar refractivity (Wildman–Crippen MR) is 117 cm³/mol. The highest BCUT2D eigenvalue weighted by Gasteiger charge is 2.18. The molecule has 0 atom stereocenters. The van der Waals surface area contributed by atoms with Gasteiger partial charge in [-0.25, -0.2) is 0 Å². The summed E-state index contributed by atoms with van der Waals surface area (Å²) in [7, 11) is 0. The van der Waals surface area contributed by atoms with Crippen molar-refractivity contribution < 1.29 is 9.64 Å². The van der Waals surface area contributed by atoms with Crippen LogP contribution >= 0.6 is 12.2 Å². The molecule has 1 aliphatic carbocycles. The molecule has 2 aromatic carbocycles. The van der Waals surface area contributed by atoms with Gasteiger partial charge in [0.25, 0.3) is 0 Å². The Balaban J connectivity index is 1.30. The van der Waals surface area contributed by atoms with E-state index >= 15 is 0 Å². The van der Waals surface area contributed by atoms with Crippen LogP contribution in [0.25, 0.3) is 11.1 Å². The van der Waals surface area contributed by atoms with E-state index in [-0.39, 0.29) is 0 Å². The molecule has 4 rings (SSSR count). The Kier molecular flexibility index (Phi) is 6.00. The van der Waals surface area contributed by atoms with Crippen LogP contribution in [0.5, 0.6) is 0 Å². The summed E-state index contributed by atoms with van der Waals surface area (Å²) in [5.41, 5.74) is 10.5. The molecule has 0 saturated carbocycles. The van der Waals surface area contributed by atoms with Gasteiger partial charge in [0, 0.05) is 0 Å². The van der Waals surface area contributed by atoms with Crippen molar-refractivity contribution in [2.24, 2.45) is 5.10 Å². The summed E-state index contributed by atoms with van der Waals surface area (Å²) in [6, 6.07) is 15.2. The van der Waals surface area contributed by atoms with E-state index < -0.39 is 0 Å². The highest BCUT2D eigenvalue weighted by atomic mass is 32.1. The second kappa shape index (κ2) is 8.82. The van der Waals surface area contributed by atoms with Gasteiger partial charge >= 0.3 is 0 Å². The van der Waals surface area contributed by atoms with Crippen molar-refractivity contribution in [1.82, 2.24) is 10.7 Å². The lowest BCUT2D eigenvalue weighted by Crippen LogP contribution is -3.14. The SMILES string of the molecule is C/C(=N/NC(=S)NCC[NH+]1CCOCC1)c1ccc2c(c1)Cc1ccccc1-2. The number of hydrogen-bond acceptors (Lipinski definition) is 3. The van der Waals surface area contributed by atoms with Crippen molar-refractivity contribution in [3.05, 3.63) is 59.2 Å². The second-order valence-corrected chi connectivity index (χ2v) is 7.79. The molecule has 0 spiro atoms. The zero-order valence-electron chi connectivity index (χ0n) is 16.3. The fourth-order valence-corrected chi connectivity index (χ4v) is 4.02. The van der Waals surface area contributed by atoms with Crippen LogP contribution in [-0.2, 0) is 11.2 Å². The average molecular weight is 396 g/mol. The zero-order chi connectivity index (χ0) is 19.3. The minimum Gasteiger partial charge on any atom is -0.370 e. The third-order valence-corrected chi connectivity index (χ3v) is 5.74. The molecule has 0 amide bonds. The zero-order valence-corrected chi connectivity index (χ0v) is 17.1. The number of quaternary nitrogens is 1. The highest BCUT2D eigenvalue weighted by Crippen LogP contribution is 2.36. The molecule has 1 aliphatic heterocycles. The Morgan fingerprint density at radius 1 is 1.11 bits per heavy atom. The number of benzene rings is 2. The molecule has 0 radical (unpaired) electrons. The molecule has 1 fully saturated rings. The number of nitrogens with zero attached hydrogens (tertiary/aromatic N) is 1. The fraction of sp³-hybridized carbons (Fsp3) is 0.364. The smallest absolute Gasteiger partial charge is 0.187 e. The van der Waals surface area contributed by atoms with Crippen LogP contribution in [0, 0.1) is 0 Å². The normalized spacial score (nSPS) is 16.4. The van der Waals surface area contributed by atoms with Gasteiger partial charge in [-0.05, 0) is 59.4 Å². The Bertz CT molecular complexity index is 890. The van der Waals surface area contributed by atoms with E-state index in [1.54, 1.807) is 4.90 Å². The Morgan fingerprint density at radius 3 is 2.75 bits per heavy atom. The summed E-state index contributed by atoms with van der Waals surface area (Å²) in [6.45, 7) is 7.74. The van der Waals surface area contributed by atoms with E-state index in [2.05, 4.69) is 58.3 Å². The quantitative estimate of drug-likeness (QED) is 0.347. The first-order valence-corrected chi connectivity index (χ1v) is 10.3. The van der Waals surface area contributed by atoms with Gasteiger partial charge in [0.1, 0.15) is 13.1 Å². The lowest BCUT2D eigenvalue weighted by molar-refractivity contribution is -0.906. The largest absolute Gasteiger partial charge is 0.370 e. The van der Waals surface area contributed by atoms with Crippen molar-refractivity contribution in [3.8, 4) is 11.1 Å². The Labute approximate surface area is 171 Å². The molecular weight excluding hydrogens is 368 g/mol. The maximum atomic E-state index is 5.38. The molecule has 0 bridgehead atoms. The summed E-state index contributed by atoms with van der Waals surface area (Å²) in [6.07, 6.45) is 0.990. The first-order valence-electron chi connectivity index (χ1n) is 9.92. The summed E-state index contributed by atoms with van der Waals surface area (Å²) in [4.78, 5) is 1.56. The first-order chi connectivity index (χ1) is 13.7. The number of nitrogens with one attached hydrogen (secondary N) is 3. The van der Waals surface area contributed by atoms with E-state index in [0.717, 1.165) is 57.1 Å². The molecule has 2 aromatic rings. The lowest BCUT2D eigenvalue weighted by atomic mass is 10.0. The molecular formula is C22H27N4OS+. The Hall–Kier alpha value is -2.28. The van der Waals surface area contributed by atoms with Crippen LogP contribution in [0.1, 0.15) is 23.6 Å². The van der Waals surface area contributed by atoms with Gasteiger partial charge in [-0.2, -0.15) is 5.10 Å². The summed E-state index contributed by atoms with van der Waals surface area (Å²) >= 11 is 5.35. The topological polar surface area (TPSA) is 50.1 Å². The van der Waals surface area contributed by atoms with Crippen molar-refractivity contribution in [1.29, 1.82) is 0 Å². The van der Waals surface area contributed by atoms with Gasteiger partial charge in [0.05, 0.1) is 32.0 Å². The molecule has 0 aromatic heterocycles. The third kappa shape index (κ3) is 4.41. The monoisotopic (exact) mass is 395 g/mol. The van der Waals surface area contributed by atoms with Crippen LogP contribution in [0.15, 0.2) is 47.6 Å². The van der Waals surface area contributed by atoms with E-state index in [9.17, 15) is 0 Å². The van der Waals surface area contributed by atoms with Crippen molar-refractivity contribution in [3.63, 3.8) is 0 Å². The Morgan fingerprint density at radius 2 is 1.89 bits per heavy atom. The van der Waals surface area contributed by atoms with Crippen molar-refractivity contribution in [2.75, 3.05) is 39.4 Å². The van der Waals surface area contributed by atoms with E-state index in [1.807, 2.05) is 6.92 Å². The lowest BCUT2D eigenvalue weighted by Gasteiger charge is -2.23. The number of thiocarbonyl (C=S) groups is 1. The van der Waals surface area contributed by atoms with E-state index in [0.29, 0.717) is 5.11 Å². The van der Waals surface area contributed by atoms with Crippen LogP contribution in [0.2, 0.25) is 0 Å². The van der Waals surface area contributed by atoms with Gasteiger partial charge < -0.3 is 15.0 Å². The molecule has 28 heavy (non-hydrogen) atoms. The number of ether oxygens (including phenoxy) is 1. The van der Waals surface area contributed by atoms with Crippen LogP contribution < -0.4 is 15.6 Å². The maximum Gasteiger partial charge on any atom is 0.187 e. The van der Waals surface area contributed by atoms with Gasteiger partial charge in [-0.1, -0.05) is 36.4 Å². The number of hydrogen-bond donors (Lipinski definition) is 3. The van der Waals surface area contributed by atoms with Gasteiger partial charge in [-0.3, -0.25) is 5.43 Å². The van der Waals surface area contributed by atoms with Crippen LogP contribution in [0.3, 0.4) is 0 Å². The van der Waals surface area contributed by atoms with Crippen molar-refractivity contribution in [2.45, 2.75) is 13.3 Å². The highest BCUT2D eigenvalue weighted by molar-refractivity contribution is 7.80. The third-order valence-electron chi connectivity index (χ3n) is 5.50. The minimum absolute atomic E-state index is 0.570. The molecule has 1 saturated heterocycles. The molecule has 3 N–H and O–H groups in total. The molecule has 1 heterocycles. The average Bonchev–Trinajstić information content (AvgIpc) is 3.10. The first kappa shape index (κ1) is 19.1. The van der Waals surface area contributed by atoms with Crippen LogP contribution in [-0.4, -0.2) is 50.2 Å². The standard InChI is InChI=1S/C22H26N4OS/c1-16(24-25-22(28)23-8-9-26-10-12-27-13-11-26)17-6-7-21-19(14-17)15-18-4-2-3-5-20(18)21/h2-7,14H,8-13,15H2,1H3,(H2,23,25,28)/p+1/b24-16-. The number of fused-ring (bicyclic) bond motifs is 3. The van der Waals surface area contributed by atoms with Gasteiger partial charge in [0.2, 0.25) is 0 Å². The molecule has 6 heteroatoms. The van der Waals surface area contributed by atoms with E-state index in [4.69, 9.17) is 17.0 Å². The van der Waals surface area contributed by atoms with E-state index in [1.165, 1.54) is 22.3 Å². The number of morpholine rings is 1. The van der Waals surface area contributed by atoms with Gasteiger partial charge in [-0.15, -0.1) is 0 Å². The summed E-state index contributed by atoms with van der Waals surface area (Å²) in [5, 5.41) is 8.28. The molecule has 2 aliphatic rings. The number of hydrazone groups is 1. The van der Waals surface area contributed by atoms with Crippen LogP contribution in [0.4, 0.5) is 0 Å². The second-order valence-electron chi connectivity index (χ2n) is 7.38. The summed E-state index contributed by atoms with van der Waals surface area (Å²) < 4.78 is 5.38. The summed E-state index contributed by atoms with van der Waals surface area (Å²) in [5.74, 6) is 0. The maximum absolute atomic E-state index is 5.38. The van der Waals surface area contributed by atoms with Gasteiger partial charge in [0.15, 0.2) is 5.11 Å². The fourth-order valence-electron chi connectivity index (χ4n) is 3.87. The molecule has 0 unspecified atom stereocenters. The predicted octanol–water partition coefficient (Wildman–Crippen LogP) is 1.36. The molecule has 146 valence electrons.